The molecule has 0 saturated carbocycles. The quantitative estimate of drug-likeness (QED) is 0.817. The van der Waals surface area contributed by atoms with Crippen molar-refractivity contribution in [1.82, 2.24) is 5.32 Å². The van der Waals surface area contributed by atoms with Gasteiger partial charge in [0.15, 0.2) is 5.04 Å². The molecule has 0 radical (unpaired) electrons. The maximum absolute atomic E-state index is 13.3. The van der Waals surface area contributed by atoms with Gasteiger partial charge in [0.2, 0.25) is 9.84 Å². The highest BCUT2D eigenvalue weighted by atomic mass is 32.2. The summed E-state index contributed by atoms with van der Waals surface area (Å²) in [6.07, 6.45) is 0.529. The number of aliphatic imine (C=N–C) groups is 2. The van der Waals surface area contributed by atoms with Crippen LogP contribution >= 0.6 is 0 Å². The van der Waals surface area contributed by atoms with Crippen LogP contribution in [0.1, 0.15) is 25.0 Å². The topological polar surface area (TPSA) is 108 Å². The molecule has 9 heteroatoms. The average molecular weight is 424 g/mol. The van der Waals surface area contributed by atoms with Gasteiger partial charge in [-0.05, 0) is 44.0 Å². The Kier molecular flexibility index (Phi) is 4.98. The predicted molar refractivity (Wildman–Crippen MR) is 114 cm³/mol. The highest BCUT2D eigenvalue weighted by Crippen LogP contribution is 2.34. The minimum absolute atomic E-state index is 0.0169. The molecule has 0 fully saturated rings. The van der Waals surface area contributed by atoms with E-state index in [-0.39, 0.29) is 27.7 Å². The Bertz CT molecular complexity index is 1200. The number of benzene rings is 2. The molecule has 4 amide bonds. The fourth-order valence-corrected chi connectivity index (χ4v) is 5.10. The lowest BCUT2D eigenvalue weighted by Crippen LogP contribution is -2.43. The van der Waals surface area contributed by atoms with Crippen molar-refractivity contribution < 1.29 is 18.0 Å². The summed E-state index contributed by atoms with van der Waals surface area (Å²) in [4.78, 5) is 33.3. The summed E-state index contributed by atoms with van der Waals surface area (Å²) < 4.78 is 26.6. The zero-order valence-electron chi connectivity index (χ0n) is 16.5. The number of amides is 4. The molecule has 0 aromatic heterocycles. The maximum atomic E-state index is 13.3. The van der Waals surface area contributed by atoms with Crippen LogP contribution < -0.4 is 10.2 Å². The molecule has 2 aromatic rings. The highest BCUT2D eigenvalue weighted by molar-refractivity contribution is 8.08. The van der Waals surface area contributed by atoms with E-state index in [0.717, 1.165) is 5.56 Å². The second-order valence-corrected chi connectivity index (χ2v) is 8.94. The monoisotopic (exact) mass is 424 g/mol. The Balaban J connectivity index is 1.72. The molecule has 2 aromatic carbocycles. The number of carbonyl (C=O) groups is 2. The molecule has 2 aliphatic rings. The van der Waals surface area contributed by atoms with Gasteiger partial charge in [0.05, 0.1) is 4.90 Å². The van der Waals surface area contributed by atoms with E-state index in [2.05, 4.69) is 15.3 Å². The molecule has 8 nitrogen and oxygen atoms in total. The van der Waals surface area contributed by atoms with Crippen molar-refractivity contribution >= 4 is 38.3 Å². The number of hydrogen-bond acceptors (Lipinski definition) is 4. The van der Waals surface area contributed by atoms with E-state index in [0.29, 0.717) is 24.2 Å². The molecule has 1 atom stereocenters. The molecule has 0 aliphatic carbocycles. The molecular formula is C21H20N4O4S. The van der Waals surface area contributed by atoms with E-state index >= 15 is 0 Å². The maximum Gasteiger partial charge on any atom is 0.369 e. The third-order valence-electron chi connectivity index (χ3n) is 5.03. The van der Waals surface area contributed by atoms with Crippen molar-refractivity contribution in [3.05, 3.63) is 59.7 Å². The van der Waals surface area contributed by atoms with Gasteiger partial charge in [-0.25, -0.2) is 18.0 Å². The molecule has 1 N–H and O–H groups in total. The van der Waals surface area contributed by atoms with Gasteiger partial charge in [-0.3, -0.25) is 4.90 Å². The van der Waals surface area contributed by atoms with Crippen LogP contribution in [0, 0.1) is 0 Å². The minimum atomic E-state index is -4.08. The van der Waals surface area contributed by atoms with Crippen molar-refractivity contribution in [3.8, 4) is 0 Å². The Labute approximate surface area is 174 Å². The van der Waals surface area contributed by atoms with Gasteiger partial charge in [0.25, 0.3) is 0 Å². The van der Waals surface area contributed by atoms with Gasteiger partial charge in [0, 0.05) is 23.8 Å². The first kappa shape index (κ1) is 20.0. The molecule has 0 saturated heterocycles. The molecule has 0 spiro atoms. The molecule has 4 rings (SSSR count). The SMILES string of the molecule is CCNC(=O)N1c2ccc(S(=O)(=O)C3=NC(=O)N=C3c3ccccc3)cc2CC1C. The molecule has 0 bridgehead atoms. The van der Waals surface area contributed by atoms with Crippen LogP contribution in [-0.2, 0) is 16.3 Å². The van der Waals surface area contributed by atoms with Gasteiger partial charge >= 0.3 is 12.1 Å². The largest absolute Gasteiger partial charge is 0.369 e. The lowest BCUT2D eigenvalue weighted by molar-refractivity contribution is 0.245. The Morgan fingerprint density at radius 1 is 1.17 bits per heavy atom. The van der Waals surface area contributed by atoms with Crippen LogP contribution in [0.3, 0.4) is 0 Å². The zero-order valence-corrected chi connectivity index (χ0v) is 17.3. The summed E-state index contributed by atoms with van der Waals surface area (Å²) in [5.41, 5.74) is 1.97. The lowest BCUT2D eigenvalue weighted by atomic mass is 10.1. The van der Waals surface area contributed by atoms with Gasteiger partial charge in [-0.15, -0.1) is 0 Å². The normalized spacial score (nSPS) is 18.1. The highest BCUT2D eigenvalue weighted by Gasteiger charge is 2.36. The van der Waals surface area contributed by atoms with Crippen molar-refractivity contribution in [3.63, 3.8) is 0 Å². The van der Waals surface area contributed by atoms with Crippen molar-refractivity contribution in [1.29, 1.82) is 0 Å². The van der Waals surface area contributed by atoms with E-state index in [4.69, 9.17) is 0 Å². The van der Waals surface area contributed by atoms with E-state index < -0.39 is 15.9 Å². The second kappa shape index (κ2) is 7.49. The number of hydrogen-bond donors (Lipinski definition) is 1. The number of fused-ring (bicyclic) bond motifs is 1. The van der Waals surface area contributed by atoms with Gasteiger partial charge in [-0.1, -0.05) is 30.3 Å². The third kappa shape index (κ3) is 3.30. The molecule has 1 unspecified atom stereocenters. The van der Waals surface area contributed by atoms with Crippen LogP contribution in [0.2, 0.25) is 0 Å². The number of anilines is 1. The predicted octanol–water partition coefficient (Wildman–Crippen LogP) is 2.96. The van der Waals surface area contributed by atoms with Gasteiger partial charge in [-0.2, -0.15) is 9.98 Å². The van der Waals surface area contributed by atoms with Crippen molar-refractivity contribution in [2.45, 2.75) is 31.2 Å². The number of sulfone groups is 1. The first-order valence-corrected chi connectivity index (χ1v) is 11.0. The number of urea groups is 2. The van der Waals surface area contributed by atoms with E-state index in [1.165, 1.54) is 6.07 Å². The minimum Gasteiger partial charge on any atom is -0.338 e. The summed E-state index contributed by atoms with van der Waals surface area (Å²) >= 11 is 0. The van der Waals surface area contributed by atoms with Crippen LogP contribution in [0.25, 0.3) is 0 Å². The average Bonchev–Trinajstić information content (AvgIpc) is 3.28. The lowest BCUT2D eigenvalue weighted by Gasteiger charge is -2.22. The van der Waals surface area contributed by atoms with Crippen LogP contribution in [0.4, 0.5) is 15.3 Å². The zero-order chi connectivity index (χ0) is 21.5. The fraction of sp³-hybridized carbons (Fsp3) is 0.238. The van der Waals surface area contributed by atoms with Gasteiger partial charge in [0.1, 0.15) is 5.71 Å². The molecule has 154 valence electrons. The van der Waals surface area contributed by atoms with Gasteiger partial charge < -0.3 is 5.32 Å². The Hall–Kier alpha value is -3.33. The number of nitrogens with zero attached hydrogens (tertiary/aromatic N) is 3. The first-order valence-electron chi connectivity index (χ1n) is 9.55. The second-order valence-electron chi connectivity index (χ2n) is 7.08. The molecule has 30 heavy (non-hydrogen) atoms. The van der Waals surface area contributed by atoms with Crippen LogP contribution in [0.5, 0.6) is 0 Å². The Morgan fingerprint density at radius 2 is 1.90 bits per heavy atom. The summed E-state index contributed by atoms with van der Waals surface area (Å²) in [7, 11) is -4.08. The van der Waals surface area contributed by atoms with Crippen LogP contribution in [0.15, 0.2) is 63.4 Å². The Morgan fingerprint density at radius 3 is 2.60 bits per heavy atom. The number of nitrogens with one attached hydrogen (secondary N) is 1. The van der Waals surface area contributed by atoms with E-state index in [9.17, 15) is 18.0 Å². The van der Waals surface area contributed by atoms with E-state index in [1.54, 1.807) is 47.4 Å². The summed E-state index contributed by atoms with van der Waals surface area (Å²) in [6.45, 7) is 4.24. The van der Waals surface area contributed by atoms with E-state index in [1.807, 2.05) is 13.8 Å². The standard InChI is InChI=1S/C21H20N4O4S/c1-3-22-21(27)25-13(2)11-15-12-16(9-10-17(15)25)30(28,29)19-18(23-20(26)24-19)14-7-5-4-6-8-14/h4-10,12-13H,3,11H2,1-2H3,(H,22,27). The van der Waals surface area contributed by atoms with Crippen LogP contribution in [-0.4, -0.2) is 43.8 Å². The number of carbonyl (C=O) groups excluding carboxylic acids is 2. The first-order chi connectivity index (χ1) is 14.3. The molecule has 2 aliphatic heterocycles. The van der Waals surface area contributed by atoms with Crippen molar-refractivity contribution in [2.24, 2.45) is 9.98 Å². The summed E-state index contributed by atoms with van der Waals surface area (Å²) in [5.74, 6) is 0. The molecular weight excluding hydrogens is 404 g/mol. The van der Waals surface area contributed by atoms with Crippen molar-refractivity contribution in [2.75, 3.05) is 11.4 Å². The summed E-state index contributed by atoms with van der Waals surface area (Å²) in [5, 5.41) is 2.42. The molecule has 2 heterocycles. The smallest absolute Gasteiger partial charge is 0.338 e. The third-order valence-corrected chi connectivity index (χ3v) is 6.70. The fourth-order valence-electron chi connectivity index (χ4n) is 3.71. The number of rotatable bonds is 3. The summed E-state index contributed by atoms with van der Waals surface area (Å²) in [6, 6.07) is 12.1.